The molecule has 1 fully saturated rings. The number of hydrogen-bond acceptors (Lipinski definition) is 3. The number of benzene rings is 2. The average Bonchev–Trinajstić information content (AvgIpc) is 3.00. The van der Waals surface area contributed by atoms with Crippen molar-refractivity contribution in [2.24, 2.45) is 0 Å². The quantitative estimate of drug-likeness (QED) is 0.653. The summed E-state index contributed by atoms with van der Waals surface area (Å²) < 4.78 is 2.32. The summed E-state index contributed by atoms with van der Waals surface area (Å²) in [5, 5.41) is 10.2. The second kappa shape index (κ2) is 6.88. The number of carbonyl (C=O) groups excluding carboxylic acids is 1. The van der Waals surface area contributed by atoms with E-state index in [0.717, 1.165) is 16.6 Å². The van der Waals surface area contributed by atoms with Crippen LogP contribution in [0, 0.1) is 6.92 Å². The molecule has 0 spiro atoms. The highest BCUT2D eigenvalue weighted by Crippen LogP contribution is 2.32. The van der Waals surface area contributed by atoms with Crippen LogP contribution in [0.25, 0.3) is 11.0 Å². The zero-order valence-electron chi connectivity index (χ0n) is 14.9. The number of rotatable bonds is 2. The molecule has 1 aliphatic rings. The smallest absolute Gasteiger partial charge is 0.326 e. The Balaban J connectivity index is 1.55. The van der Waals surface area contributed by atoms with Gasteiger partial charge in [-0.1, -0.05) is 12.1 Å². The number of likely N-dealkylation sites (tertiary alicyclic amines) is 1. The molecule has 1 amide bonds. The average molecular weight is 430 g/mol. The highest BCUT2D eigenvalue weighted by Gasteiger charge is 2.28. The van der Waals surface area contributed by atoms with Gasteiger partial charge in [-0.3, -0.25) is 9.36 Å². The number of fused-ring (bicyclic) bond motifs is 1. The Morgan fingerprint density at radius 3 is 2.67 bits per heavy atom. The van der Waals surface area contributed by atoms with Crippen molar-refractivity contribution >= 4 is 32.9 Å². The van der Waals surface area contributed by atoms with E-state index in [-0.39, 0.29) is 23.4 Å². The number of aryl methyl sites for hydroxylation is 1. The summed E-state index contributed by atoms with van der Waals surface area (Å²) in [6, 6.07) is 11.2. The number of phenolic OH excluding ortho intramolecular Hbond substituents is 1. The first kappa shape index (κ1) is 17.9. The lowest BCUT2D eigenvalue weighted by Gasteiger charge is -2.32. The molecular weight excluding hydrogens is 410 g/mol. The van der Waals surface area contributed by atoms with Crippen LogP contribution in [0.3, 0.4) is 0 Å². The molecule has 1 aromatic heterocycles. The van der Waals surface area contributed by atoms with E-state index in [0.29, 0.717) is 36.0 Å². The van der Waals surface area contributed by atoms with Crippen LogP contribution in [-0.4, -0.2) is 38.6 Å². The number of para-hydroxylation sites is 2. The Labute approximate surface area is 164 Å². The van der Waals surface area contributed by atoms with Gasteiger partial charge in [-0.15, -0.1) is 0 Å². The molecule has 0 saturated carbocycles. The monoisotopic (exact) mass is 429 g/mol. The molecule has 1 aliphatic heterocycles. The largest absolute Gasteiger partial charge is 0.506 e. The molecule has 0 radical (unpaired) electrons. The molecule has 1 saturated heterocycles. The summed E-state index contributed by atoms with van der Waals surface area (Å²) in [4.78, 5) is 29.9. The second-order valence-corrected chi connectivity index (χ2v) is 7.84. The molecule has 140 valence electrons. The molecule has 4 rings (SSSR count). The number of piperidine rings is 1. The minimum absolute atomic E-state index is 0.0272. The predicted octanol–water partition coefficient (Wildman–Crippen LogP) is 3.58. The molecule has 2 aromatic carbocycles. The van der Waals surface area contributed by atoms with E-state index in [4.69, 9.17) is 0 Å². The topological polar surface area (TPSA) is 78.3 Å². The summed E-state index contributed by atoms with van der Waals surface area (Å²) >= 11 is 3.29. The molecule has 0 aliphatic carbocycles. The Morgan fingerprint density at radius 2 is 1.93 bits per heavy atom. The molecule has 2 heterocycles. The van der Waals surface area contributed by atoms with Crippen molar-refractivity contribution in [3.05, 3.63) is 62.5 Å². The van der Waals surface area contributed by atoms with E-state index in [1.54, 1.807) is 21.6 Å². The van der Waals surface area contributed by atoms with E-state index in [9.17, 15) is 14.7 Å². The third kappa shape index (κ3) is 3.16. The maximum absolute atomic E-state index is 12.9. The molecule has 6 nitrogen and oxygen atoms in total. The fourth-order valence-electron chi connectivity index (χ4n) is 3.83. The van der Waals surface area contributed by atoms with Crippen molar-refractivity contribution in [1.82, 2.24) is 14.5 Å². The Bertz CT molecular complexity index is 1080. The lowest BCUT2D eigenvalue weighted by Crippen LogP contribution is -2.40. The Kier molecular flexibility index (Phi) is 4.55. The minimum atomic E-state index is -0.179. The molecule has 27 heavy (non-hydrogen) atoms. The summed E-state index contributed by atoms with van der Waals surface area (Å²) in [6.07, 6.45) is 1.39. The van der Waals surface area contributed by atoms with Gasteiger partial charge in [0.15, 0.2) is 0 Å². The van der Waals surface area contributed by atoms with Crippen LogP contribution < -0.4 is 5.69 Å². The molecule has 2 N–H and O–H groups in total. The van der Waals surface area contributed by atoms with Gasteiger partial charge in [0, 0.05) is 19.1 Å². The van der Waals surface area contributed by atoms with Gasteiger partial charge in [-0.2, -0.15) is 0 Å². The predicted molar refractivity (Wildman–Crippen MR) is 107 cm³/mol. The highest BCUT2D eigenvalue weighted by atomic mass is 79.9. The van der Waals surface area contributed by atoms with Crippen molar-refractivity contribution in [1.29, 1.82) is 0 Å². The van der Waals surface area contributed by atoms with Crippen LogP contribution in [0.5, 0.6) is 5.75 Å². The number of aromatic hydroxyl groups is 1. The fourth-order valence-corrected chi connectivity index (χ4v) is 4.41. The minimum Gasteiger partial charge on any atom is -0.506 e. The molecule has 0 unspecified atom stereocenters. The molecular formula is C20H20BrN3O3. The van der Waals surface area contributed by atoms with Gasteiger partial charge in [-0.25, -0.2) is 4.79 Å². The number of phenols is 1. The molecule has 3 aromatic rings. The molecule has 7 heteroatoms. The number of aromatic nitrogens is 2. The van der Waals surface area contributed by atoms with Gasteiger partial charge < -0.3 is 15.0 Å². The van der Waals surface area contributed by atoms with E-state index in [1.165, 1.54) is 0 Å². The van der Waals surface area contributed by atoms with Gasteiger partial charge in [0.1, 0.15) is 5.75 Å². The lowest BCUT2D eigenvalue weighted by molar-refractivity contribution is 0.0691. The number of hydrogen-bond donors (Lipinski definition) is 2. The molecule has 0 atom stereocenters. The van der Waals surface area contributed by atoms with E-state index >= 15 is 0 Å². The van der Waals surface area contributed by atoms with E-state index in [1.807, 2.05) is 31.2 Å². The SMILES string of the molecule is Cc1cc(Br)c(O)c(C(=O)N2CCC(n3c(=O)[nH]c4ccccc43)CC2)c1. The highest BCUT2D eigenvalue weighted by molar-refractivity contribution is 9.10. The number of amides is 1. The Hall–Kier alpha value is -2.54. The number of aromatic amines is 1. The number of nitrogens with zero attached hydrogens (tertiary/aromatic N) is 2. The van der Waals surface area contributed by atoms with Crippen molar-refractivity contribution in [3.63, 3.8) is 0 Å². The summed E-state index contributed by atoms with van der Waals surface area (Å²) in [6.45, 7) is 2.97. The van der Waals surface area contributed by atoms with Crippen molar-refractivity contribution in [2.75, 3.05) is 13.1 Å². The maximum Gasteiger partial charge on any atom is 0.326 e. The number of carbonyl (C=O) groups is 1. The first-order valence-corrected chi connectivity index (χ1v) is 9.72. The van der Waals surface area contributed by atoms with Crippen LogP contribution in [0.4, 0.5) is 0 Å². The summed E-state index contributed by atoms with van der Waals surface area (Å²) in [5.74, 6) is -0.206. The zero-order valence-corrected chi connectivity index (χ0v) is 16.5. The summed E-state index contributed by atoms with van der Waals surface area (Å²) in [7, 11) is 0. The van der Waals surface area contributed by atoms with Crippen molar-refractivity contribution in [2.45, 2.75) is 25.8 Å². The first-order valence-electron chi connectivity index (χ1n) is 8.93. The third-order valence-electron chi connectivity index (χ3n) is 5.18. The maximum atomic E-state index is 12.9. The number of H-pyrrole nitrogens is 1. The van der Waals surface area contributed by atoms with Crippen LogP contribution >= 0.6 is 15.9 Å². The van der Waals surface area contributed by atoms with Gasteiger partial charge in [0.25, 0.3) is 5.91 Å². The number of imidazole rings is 1. The fraction of sp³-hybridized carbons (Fsp3) is 0.300. The Morgan fingerprint density at radius 1 is 1.22 bits per heavy atom. The normalized spacial score (nSPS) is 15.4. The number of halogens is 1. The van der Waals surface area contributed by atoms with E-state index in [2.05, 4.69) is 20.9 Å². The van der Waals surface area contributed by atoms with Crippen LogP contribution in [0.15, 0.2) is 45.7 Å². The zero-order chi connectivity index (χ0) is 19.1. The first-order chi connectivity index (χ1) is 13.0. The second-order valence-electron chi connectivity index (χ2n) is 6.98. The van der Waals surface area contributed by atoms with Crippen molar-refractivity contribution < 1.29 is 9.90 Å². The summed E-state index contributed by atoms with van der Waals surface area (Å²) in [5.41, 5.74) is 2.83. The van der Waals surface area contributed by atoms with Crippen LogP contribution in [0.2, 0.25) is 0 Å². The number of nitrogens with one attached hydrogen (secondary N) is 1. The van der Waals surface area contributed by atoms with E-state index < -0.39 is 0 Å². The lowest BCUT2D eigenvalue weighted by atomic mass is 10.0. The molecule has 0 bridgehead atoms. The van der Waals surface area contributed by atoms with Crippen molar-refractivity contribution in [3.8, 4) is 5.75 Å². The van der Waals surface area contributed by atoms with Gasteiger partial charge >= 0.3 is 5.69 Å². The van der Waals surface area contributed by atoms with Crippen LogP contribution in [0.1, 0.15) is 34.8 Å². The van der Waals surface area contributed by atoms with Crippen LogP contribution in [-0.2, 0) is 0 Å². The third-order valence-corrected chi connectivity index (χ3v) is 5.78. The van der Waals surface area contributed by atoms with Gasteiger partial charge in [0.05, 0.1) is 21.1 Å². The van der Waals surface area contributed by atoms with Gasteiger partial charge in [-0.05, 0) is 65.5 Å². The van der Waals surface area contributed by atoms with Gasteiger partial charge in [0.2, 0.25) is 0 Å². The standard InChI is InChI=1S/C20H20BrN3O3/c1-12-10-14(18(25)15(21)11-12)19(26)23-8-6-13(7-9-23)24-17-5-3-2-4-16(17)22-20(24)27/h2-5,10-11,13,25H,6-9H2,1H3,(H,22,27).